The molecule has 5 heteroatoms. The Bertz CT molecular complexity index is 414. The summed E-state index contributed by atoms with van der Waals surface area (Å²) in [6.45, 7) is 0.632. The number of hydrogen-bond acceptors (Lipinski definition) is 3. The van der Waals surface area contributed by atoms with Gasteiger partial charge in [-0.1, -0.05) is 0 Å². The fourth-order valence-corrected chi connectivity index (χ4v) is 1.46. The van der Waals surface area contributed by atoms with Crippen LogP contribution in [0, 0.1) is 0 Å². The Morgan fingerprint density at radius 2 is 2.36 bits per heavy atom. The van der Waals surface area contributed by atoms with Crippen molar-refractivity contribution in [1.82, 2.24) is 20.0 Å². The van der Waals surface area contributed by atoms with E-state index in [2.05, 4.69) is 15.3 Å². The molecule has 0 unspecified atom stereocenters. The Kier molecular flexibility index (Phi) is 2.32. The molecule has 14 heavy (non-hydrogen) atoms. The first kappa shape index (κ1) is 8.96. The summed E-state index contributed by atoms with van der Waals surface area (Å²) >= 11 is 0. The minimum absolute atomic E-state index is 0.632. The normalized spacial score (nSPS) is 10.7. The first-order chi connectivity index (χ1) is 6.81. The van der Waals surface area contributed by atoms with Crippen molar-refractivity contribution in [2.24, 2.45) is 12.8 Å². The maximum absolute atomic E-state index is 5.51. The van der Waals surface area contributed by atoms with E-state index in [9.17, 15) is 0 Å². The molecule has 5 nitrogen and oxygen atoms in total. The molecule has 0 aromatic carbocycles. The summed E-state index contributed by atoms with van der Waals surface area (Å²) in [5.74, 6) is 0. The number of H-pyrrole nitrogens is 1. The van der Waals surface area contributed by atoms with Crippen molar-refractivity contribution in [2.75, 3.05) is 6.54 Å². The monoisotopic (exact) mass is 191 g/mol. The molecule has 74 valence electrons. The number of rotatable bonds is 3. The van der Waals surface area contributed by atoms with Crippen molar-refractivity contribution in [1.29, 1.82) is 0 Å². The fraction of sp³-hybridized carbons (Fsp3) is 0.333. The Hall–Kier alpha value is -1.62. The highest BCUT2D eigenvalue weighted by Gasteiger charge is 2.07. The molecule has 2 aromatic rings. The maximum atomic E-state index is 5.51. The average Bonchev–Trinajstić information content (AvgIpc) is 2.74. The molecule has 2 rings (SSSR count). The van der Waals surface area contributed by atoms with Crippen molar-refractivity contribution in [2.45, 2.75) is 6.42 Å². The third-order valence-electron chi connectivity index (χ3n) is 2.13. The van der Waals surface area contributed by atoms with Crippen LogP contribution in [0.4, 0.5) is 0 Å². The topological polar surface area (TPSA) is 72.5 Å². The van der Waals surface area contributed by atoms with Gasteiger partial charge < -0.3 is 5.73 Å². The molecule has 2 heterocycles. The van der Waals surface area contributed by atoms with Crippen LogP contribution in [0.25, 0.3) is 11.3 Å². The zero-order valence-corrected chi connectivity index (χ0v) is 8.07. The fourth-order valence-electron chi connectivity index (χ4n) is 1.46. The lowest BCUT2D eigenvalue weighted by molar-refractivity contribution is 0.768. The average molecular weight is 191 g/mol. The van der Waals surface area contributed by atoms with Gasteiger partial charge in [0.25, 0.3) is 0 Å². The predicted molar refractivity (Wildman–Crippen MR) is 53.5 cm³/mol. The minimum atomic E-state index is 0.632. The van der Waals surface area contributed by atoms with Crippen molar-refractivity contribution in [3.8, 4) is 11.3 Å². The second-order valence-electron chi connectivity index (χ2n) is 3.21. The number of aromatic amines is 1. The molecule has 0 fully saturated rings. The van der Waals surface area contributed by atoms with Crippen LogP contribution >= 0.6 is 0 Å². The molecule has 0 bridgehead atoms. The number of hydrogen-bond donors (Lipinski definition) is 2. The molecule has 0 atom stereocenters. The number of nitrogens with one attached hydrogen (secondary N) is 1. The molecule has 0 amide bonds. The van der Waals surface area contributed by atoms with Crippen LogP contribution in [-0.2, 0) is 13.5 Å². The van der Waals surface area contributed by atoms with E-state index in [0.29, 0.717) is 6.54 Å². The second-order valence-corrected chi connectivity index (χ2v) is 3.21. The lowest BCUT2D eigenvalue weighted by atomic mass is 10.1. The summed E-state index contributed by atoms with van der Waals surface area (Å²) in [6, 6.07) is 0. The van der Waals surface area contributed by atoms with Crippen LogP contribution in [0.3, 0.4) is 0 Å². The molecule has 3 N–H and O–H groups in total. The zero-order valence-electron chi connectivity index (χ0n) is 8.07. The molecule has 0 aliphatic rings. The van der Waals surface area contributed by atoms with Gasteiger partial charge in [-0.15, -0.1) is 0 Å². The third kappa shape index (κ3) is 1.54. The number of aryl methyl sites for hydroxylation is 1. The third-order valence-corrected chi connectivity index (χ3v) is 2.13. The van der Waals surface area contributed by atoms with Crippen LogP contribution in [0.5, 0.6) is 0 Å². The Labute approximate surface area is 81.9 Å². The van der Waals surface area contributed by atoms with Crippen LogP contribution < -0.4 is 5.73 Å². The molecular formula is C9H13N5. The number of nitrogens with two attached hydrogens (primary N) is 1. The SMILES string of the molecule is Cn1cc(-c2[nH]ncc2CCN)cn1. The molecule has 2 aromatic heterocycles. The maximum Gasteiger partial charge on any atom is 0.0714 e. The summed E-state index contributed by atoms with van der Waals surface area (Å²) in [4.78, 5) is 0. The Morgan fingerprint density at radius 3 is 3.00 bits per heavy atom. The summed E-state index contributed by atoms with van der Waals surface area (Å²) in [5.41, 5.74) is 8.72. The molecule has 0 aliphatic heterocycles. The van der Waals surface area contributed by atoms with Crippen molar-refractivity contribution < 1.29 is 0 Å². The van der Waals surface area contributed by atoms with Gasteiger partial charge in [-0.25, -0.2) is 0 Å². The van der Waals surface area contributed by atoms with E-state index in [0.717, 1.165) is 23.2 Å². The van der Waals surface area contributed by atoms with Crippen molar-refractivity contribution in [3.63, 3.8) is 0 Å². The van der Waals surface area contributed by atoms with E-state index in [1.807, 2.05) is 25.6 Å². The van der Waals surface area contributed by atoms with Crippen LogP contribution in [0.1, 0.15) is 5.56 Å². The van der Waals surface area contributed by atoms with Gasteiger partial charge in [0.05, 0.1) is 18.1 Å². The van der Waals surface area contributed by atoms with Gasteiger partial charge in [-0.05, 0) is 18.5 Å². The van der Waals surface area contributed by atoms with Crippen LogP contribution in [0.2, 0.25) is 0 Å². The van der Waals surface area contributed by atoms with E-state index in [4.69, 9.17) is 5.73 Å². The van der Waals surface area contributed by atoms with Crippen molar-refractivity contribution in [3.05, 3.63) is 24.2 Å². The lowest BCUT2D eigenvalue weighted by Crippen LogP contribution is -2.02. The summed E-state index contributed by atoms with van der Waals surface area (Å²) in [5, 5.41) is 11.1. The zero-order chi connectivity index (χ0) is 9.97. The summed E-state index contributed by atoms with van der Waals surface area (Å²) < 4.78 is 1.77. The van der Waals surface area contributed by atoms with E-state index in [1.54, 1.807) is 4.68 Å². The molecule has 0 saturated heterocycles. The summed E-state index contributed by atoms with van der Waals surface area (Å²) in [6.07, 6.45) is 6.41. The molecular weight excluding hydrogens is 178 g/mol. The largest absolute Gasteiger partial charge is 0.330 e. The van der Waals surface area contributed by atoms with Gasteiger partial charge in [0.1, 0.15) is 0 Å². The Morgan fingerprint density at radius 1 is 1.50 bits per heavy atom. The number of nitrogens with zero attached hydrogens (tertiary/aromatic N) is 3. The van der Waals surface area contributed by atoms with Crippen LogP contribution in [-0.4, -0.2) is 26.5 Å². The van der Waals surface area contributed by atoms with E-state index in [-0.39, 0.29) is 0 Å². The van der Waals surface area contributed by atoms with Gasteiger partial charge >= 0.3 is 0 Å². The first-order valence-corrected chi connectivity index (χ1v) is 4.52. The van der Waals surface area contributed by atoms with Gasteiger partial charge in [-0.3, -0.25) is 9.78 Å². The van der Waals surface area contributed by atoms with Gasteiger partial charge in [0, 0.05) is 18.8 Å². The quantitative estimate of drug-likeness (QED) is 0.733. The molecule has 0 saturated carbocycles. The highest BCUT2D eigenvalue weighted by atomic mass is 15.2. The predicted octanol–water partition coefficient (Wildman–Crippen LogP) is 0.311. The van der Waals surface area contributed by atoms with Gasteiger partial charge in [0.2, 0.25) is 0 Å². The Balaban J connectivity index is 2.36. The van der Waals surface area contributed by atoms with Gasteiger partial charge in [-0.2, -0.15) is 10.2 Å². The second kappa shape index (κ2) is 3.63. The van der Waals surface area contributed by atoms with E-state index in [1.165, 1.54) is 0 Å². The van der Waals surface area contributed by atoms with E-state index >= 15 is 0 Å². The van der Waals surface area contributed by atoms with Crippen molar-refractivity contribution >= 4 is 0 Å². The standard InChI is InChI=1S/C9H13N5/c1-14-6-8(5-12-14)9-7(2-3-10)4-11-13-9/h4-6H,2-3,10H2,1H3,(H,11,13). The smallest absolute Gasteiger partial charge is 0.0714 e. The van der Waals surface area contributed by atoms with E-state index < -0.39 is 0 Å². The number of aromatic nitrogens is 4. The highest BCUT2D eigenvalue weighted by Crippen LogP contribution is 2.19. The molecule has 0 spiro atoms. The minimum Gasteiger partial charge on any atom is -0.330 e. The van der Waals surface area contributed by atoms with Crippen LogP contribution in [0.15, 0.2) is 18.6 Å². The molecule has 0 aliphatic carbocycles. The summed E-state index contributed by atoms with van der Waals surface area (Å²) in [7, 11) is 1.89. The molecule has 0 radical (unpaired) electrons. The highest BCUT2D eigenvalue weighted by molar-refractivity contribution is 5.60. The van der Waals surface area contributed by atoms with Gasteiger partial charge in [0.15, 0.2) is 0 Å². The first-order valence-electron chi connectivity index (χ1n) is 4.52. The lowest BCUT2D eigenvalue weighted by Gasteiger charge is -1.97.